The molecule has 0 aliphatic carbocycles. The lowest BCUT2D eigenvalue weighted by Crippen LogP contribution is -2.13. The van der Waals surface area contributed by atoms with Crippen molar-refractivity contribution in [3.05, 3.63) is 46.2 Å². The maximum Gasteiger partial charge on any atom is 0.248 e. The van der Waals surface area contributed by atoms with Crippen LogP contribution in [0.5, 0.6) is 0 Å². The van der Waals surface area contributed by atoms with Crippen molar-refractivity contribution in [2.45, 2.75) is 6.42 Å². The molecule has 2 aromatic rings. The SMILES string of the molecule is NC(=O)c1ccc(N)c(NCCc2cccs2)c1. The van der Waals surface area contributed by atoms with Crippen LogP contribution in [0.4, 0.5) is 11.4 Å². The Morgan fingerprint density at radius 1 is 1.33 bits per heavy atom. The summed E-state index contributed by atoms with van der Waals surface area (Å²) in [6.07, 6.45) is 0.928. The van der Waals surface area contributed by atoms with E-state index in [0.717, 1.165) is 18.7 Å². The molecular formula is C13H15N3OS. The van der Waals surface area contributed by atoms with E-state index in [4.69, 9.17) is 11.5 Å². The Morgan fingerprint density at radius 2 is 2.17 bits per heavy atom. The zero-order chi connectivity index (χ0) is 13.0. The molecule has 0 aliphatic rings. The average Bonchev–Trinajstić information content (AvgIpc) is 2.84. The molecule has 1 amide bonds. The normalized spacial score (nSPS) is 10.2. The molecule has 5 N–H and O–H groups in total. The number of hydrogen-bond donors (Lipinski definition) is 3. The van der Waals surface area contributed by atoms with Crippen molar-refractivity contribution in [1.82, 2.24) is 0 Å². The molecule has 1 heterocycles. The number of amides is 1. The highest BCUT2D eigenvalue weighted by Gasteiger charge is 2.04. The number of nitrogen functional groups attached to an aromatic ring is 1. The Balaban J connectivity index is 2.00. The van der Waals surface area contributed by atoms with Gasteiger partial charge < -0.3 is 16.8 Å². The molecule has 0 bridgehead atoms. The second kappa shape index (κ2) is 5.55. The molecule has 0 radical (unpaired) electrons. The van der Waals surface area contributed by atoms with Gasteiger partial charge in [0, 0.05) is 17.0 Å². The summed E-state index contributed by atoms with van der Waals surface area (Å²) < 4.78 is 0. The van der Waals surface area contributed by atoms with Crippen molar-refractivity contribution >= 4 is 28.6 Å². The molecule has 0 unspecified atom stereocenters. The summed E-state index contributed by atoms with van der Waals surface area (Å²) in [5, 5.41) is 5.27. The molecule has 5 heteroatoms. The van der Waals surface area contributed by atoms with E-state index < -0.39 is 5.91 Å². The van der Waals surface area contributed by atoms with E-state index in [1.54, 1.807) is 29.5 Å². The summed E-state index contributed by atoms with van der Waals surface area (Å²) in [5.74, 6) is -0.448. The summed E-state index contributed by atoms with van der Waals surface area (Å²) in [7, 11) is 0. The van der Waals surface area contributed by atoms with Crippen LogP contribution in [0.1, 0.15) is 15.2 Å². The number of benzene rings is 1. The highest BCUT2D eigenvalue weighted by Crippen LogP contribution is 2.20. The molecule has 0 fully saturated rings. The van der Waals surface area contributed by atoms with Crippen LogP contribution >= 0.6 is 11.3 Å². The van der Waals surface area contributed by atoms with Gasteiger partial charge in [-0.25, -0.2) is 0 Å². The number of primary amides is 1. The van der Waals surface area contributed by atoms with Gasteiger partial charge in [-0.2, -0.15) is 0 Å². The summed E-state index contributed by atoms with van der Waals surface area (Å²) in [6, 6.07) is 9.12. The zero-order valence-corrected chi connectivity index (χ0v) is 10.7. The lowest BCUT2D eigenvalue weighted by Gasteiger charge is -2.09. The van der Waals surface area contributed by atoms with Gasteiger partial charge in [0.2, 0.25) is 5.91 Å². The number of carbonyl (C=O) groups excluding carboxylic acids is 1. The van der Waals surface area contributed by atoms with E-state index >= 15 is 0 Å². The van der Waals surface area contributed by atoms with Gasteiger partial charge in [0.15, 0.2) is 0 Å². The Bertz CT molecular complexity index is 537. The van der Waals surface area contributed by atoms with Crippen LogP contribution in [0.3, 0.4) is 0 Å². The van der Waals surface area contributed by atoms with Crippen LogP contribution in [0.2, 0.25) is 0 Å². The van der Waals surface area contributed by atoms with Gasteiger partial charge in [0.1, 0.15) is 0 Å². The molecule has 1 aromatic carbocycles. The number of anilines is 2. The number of nitrogens with one attached hydrogen (secondary N) is 1. The molecule has 18 heavy (non-hydrogen) atoms. The lowest BCUT2D eigenvalue weighted by atomic mass is 10.1. The smallest absolute Gasteiger partial charge is 0.248 e. The summed E-state index contributed by atoms with van der Waals surface area (Å²) in [4.78, 5) is 12.4. The second-order valence-corrected chi connectivity index (χ2v) is 4.95. The van der Waals surface area contributed by atoms with E-state index in [-0.39, 0.29) is 0 Å². The monoisotopic (exact) mass is 261 g/mol. The first kappa shape index (κ1) is 12.4. The van der Waals surface area contributed by atoms with Gasteiger partial charge in [0.25, 0.3) is 0 Å². The van der Waals surface area contributed by atoms with Crippen molar-refractivity contribution in [3.8, 4) is 0 Å². The van der Waals surface area contributed by atoms with Gasteiger partial charge in [-0.3, -0.25) is 4.79 Å². The number of rotatable bonds is 5. The third kappa shape index (κ3) is 3.01. The van der Waals surface area contributed by atoms with Crippen molar-refractivity contribution in [2.75, 3.05) is 17.6 Å². The van der Waals surface area contributed by atoms with Crippen LogP contribution in [0, 0.1) is 0 Å². The third-order valence-corrected chi connectivity index (χ3v) is 3.54. The number of carbonyl (C=O) groups is 1. The number of hydrogen-bond acceptors (Lipinski definition) is 4. The molecule has 0 aliphatic heterocycles. The summed E-state index contributed by atoms with van der Waals surface area (Å²) in [6.45, 7) is 0.771. The first-order chi connectivity index (χ1) is 8.66. The van der Waals surface area contributed by atoms with E-state index in [2.05, 4.69) is 16.8 Å². The van der Waals surface area contributed by atoms with E-state index in [1.807, 2.05) is 6.07 Å². The predicted molar refractivity (Wildman–Crippen MR) is 75.9 cm³/mol. The molecule has 0 saturated carbocycles. The fourth-order valence-corrected chi connectivity index (χ4v) is 2.35. The first-order valence-electron chi connectivity index (χ1n) is 5.62. The molecule has 2 rings (SSSR count). The van der Waals surface area contributed by atoms with Gasteiger partial charge >= 0.3 is 0 Å². The van der Waals surface area contributed by atoms with E-state index in [9.17, 15) is 4.79 Å². The molecule has 1 aromatic heterocycles. The van der Waals surface area contributed by atoms with Crippen molar-refractivity contribution in [2.24, 2.45) is 5.73 Å². The molecule has 4 nitrogen and oxygen atoms in total. The standard InChI is InChI=1S/C13H15N3OS/c14-11-4-3-9(13(15)17)8-12(11)16-6-5-10-2-1-7-18-10/h1-4,7-8,16H,5-6,14H2,(H2,15,17). The minimum atomic E-state index is -0.448. The van der Waals surface area contributed by atoms with Crippen molar-refractivity contribution < 1.29 is 4.79 Å². The number of nitrogens with two attached hydrogens (primary N) is 2. The third-order valence-electron chi connectivity index (χ3n) is 2.60. The lowest BCUT2D eigenvalue weighted by molar-refractivity contribution is 0.100. The summed E-state index contributed by atoms with van der Waals surface area (Å²) >= 11 is 1.72. The van der Waals surface area contributed by atoms with Crippen LogP contribution in [0.25, 0.3) is 0 Å². The molecular weight excluding hydrogens is 246 g/mol. The van der Waals surface area contributed by atoms with Crippen LogP contribution in [0.15, 0.2) is 35.7 Å². The van der Waals surface area contributed by atoms with Gasteiger partial charge in [-0.1, -0.05) is 6.07 Å². The number of thiophene rings is 1. The van der Waals surface area contributed by atoms with Crippen LogP contribution < -0.4 is 16.8 Å². The maximum absolute atomic E-state index is 11.1. The second-order valence-electron chi connectivity index (χ2n) is 3.92. The first-order valence-corrected chi connectivity index (χ1v) is 6.50. The molecule has 0 atom stereocenters. The van der Waals surface area contributed by atoms with Gasteiger partial charge in [0.05, 0.1) is 11.4 Å². The average molecular weight is 261 g/mol. The summed E-state index contributed by atoms with van der Waals surface area (Å²) in [5.41, 5.74) is 12.9. The Labute approximate surface area is 110 Å². The van der Waals surface area contributed by atoms with Crippen LogP contribution in [-0.2, 0) is 6.42 Å². The predicted octanol–water partition coefficient (Wildman–Crippen LogP) is 2.08. The highest BCUT2D eigenvalue weighted by molar-refractivity contribution is 7.09. The van der Waals surface area contributed by atoms with Crippen molar-refractivity contribution in [3.63, 3.8) is 0 Å². The van der Waals surface area contributed by atoms with E-state index in [1.165, 1.54) is 4.88 Å². The molecule has 0 saturated heterocycles. The largest absolute Gasteiger partial charge is 0.397 e. The molecule has 0 spiro atoms. The van der Waals surface area contributed by atoms with Crippen LogP contribution in [-0.4, -0.2) is 12.5 Å². The maximum atomic E-state index is 11.1. The zero-order valence-electron chi connectivity index (χ0n) is 9.85. The highest BCUT2D eigenvalue weighted by atomic mass is 32.1. The fourth-order valence-electron chi connectivity index (χ4n) is 1.64. The molecule has 94 valence electrons. The van der Waals surface area contributed by atoms with Gasteiger partial charge in [-0.15, -0.1) is 11.3 Å². The minimum absolute atomic E-state index is 0.448. The minimum Gasteiger partial charge on any atom is -0.397 e. The Morgan fingerprint density at radius 3 is 2.83 bits per heavy atom. The van der Waals surface area contributed by atoms with Gasteiger partial charge in [-0.05, 0) is 36.1 Å². The van der Waals surface area contributed by atoms with E-state index in [0.29, 0.717) is 11.3 Å². The van der Waals surface area contributed by atoms with Crippen molar-refractivity contribution in [1.29, 1.82) is 0 Å². The topological polar surface area (TPSA) is 81.1 Å². The Kier molecular flexibility index (Phi) is 3.84. The Hall–Kier alpha value is -2.01. The fraction of sp³-hybridized carbons (Fsp3) is 0.154. The quantitative estimate of drug-likeness (QED) is 0.721.